The molecule has 0 bridgehead atoms. The summed E-state index contributed by atoms with van der Waals surface area (Å²) in [4.78, 5) is 17.9. The van der Waals surface area contributed by atoms with Crippen molar-refractivity contribution in [2.75, 3.05) is 0 Å². The van der Waals surface area contributed by atoms with Crippen molar-refractivity contribution in [3.63, 3.8) is 0 Å². The van der Waals surface area contributed by atoms with E-state index in [4.69, 9.17) is 4.98 Å². The number of hydrogen-bond donors (Lipinski definition) is 0. The van der Waals surface area contributed by atoms with E-state index in [1.165, 1.54) is 0 Å². The molecule has 0 aliphatic rings. The van der Waals surface area contributed by atoms with Crippen molar-refractivity contribution in [2.45, 2.75) is 0 Å². The summed E-state index contributed by atoms with van der Waals surface area (Å²) in [5, 5.41) is 0. The molecule has 5 aromatic rings. The van der Waals surface area contributed by atoms with Gasteiger partial charge in [-0.2, -0.15) is 0 Å². The highest BCUT2D eigenvalue weighted by Crippen LogP contribution is 2.31. The molecule has 0 fully saturated rings. The van der Waals surface area contributed by atoms with Crippen LogP contribution in [0.25, 0.3) is 44.9 Å². The molecular weight excluding hydrogens is 448 g/mol. The average molecular weight is 465 g/mol. The smallest absolute Gasteiger partial charge is 0.161 e. The fourth-order valence-corrected chi connectivity index (χ4v) is 3.73. The van der Waals surface area contributed by atoms with Crippen LogP contribution in [-0.4, -0.2) is 19.9 Å². The molecule has 0 N–H and O–H groups in total. The van der Waals surface area contributed by atoms with E-state index in [2.05, 4.69) is 73.3 Å². The summed E-state index contributed by atoms with van der Waals surface area (Å²) >= 11 is 3.50. The third-order valence-corrected chi connectivity index (χ3v) is 5.58. The molecular formula is C26H17BrN4. The van der Waals surface area contributed by atoms with Crippen LogP contribution in [0.5, 0.6) is 0 Å². The lowest BCUT2D eigenvalue weighted by molar-refractivity contribution is 1.17. The molecule has 0 amide bonds. The largest absolute Gasteiger partial charge is 0.264 e. The molecule has 148 valence electrons. The number of hydrogen-bond acceptors (Lipinski definition) is 4. The quantitative estimate of drug-likeness (QED) is 0.297. The van der Waals surface area contributed by atoms with E-state index >= 15 is 0 Å². The van der Waals surface area contributed by atoms with Crippen LogP contribution >= 0.6 is 15.9 Å². The summed E-state index contributed by atoms with van der Waals surface area (Å²) in [6, 6.07) is 24.5. The van der Waals surface area contributed by atoms with Crippen molar-refractivity contribution in [3.8, 4) is 44.9 Å². The molecule has 0 unspecified atom stereocenters. The van der Waals surface area contributed by atoms with E-state index in [9.17, 15) is 0 Å². The van der Waals surface area contributed by atoms with Crippen molar-refractivity contribution in [3.05, 3.63) is 108 Å². The zero-order valence-electron chi connectivity index (χ0n) is 16.5. The Morgan fingerprint density at radius 2 is 1.29 bits per heavy atom. The highest BCUT2D eigenvalue weighted by molar-refractivity contribution is 9.10. The second kappa shape index (κ2) is 8.58. The van der Waals surface area contributed by atoms with Gasteiger partial charge in [-0.1, -0.05) is 58.4 Å². The highest BCUT2D eigenvalue weighted by Gasteiger charge is 2.11. The standard InChI is InChI=1S/C26H17BrN4/c27-22-9-7-19(8-10-22)23-11-14-29-17-24(23)26-30-15-12-25(31-26)20-5-3-18(4-6-20)21-2-1-13-28-16-21/h1-17H. The Balaban J connectivity index is 1.51. The fraction of sp³-hybridized carbons (Fsp3) is 0. The number of halogens is 1. The summed E-state index contributed by atoms with van der Waals surface area (Å²) in [6.07, 6.45) is 9.06. The Kier molecular flexibility index (Phi) is 5.33. The molecule has 0 atom stereocenters. The van der Waals surface area contributed by atoms with E-state index < -0.39 is 0 Å². The van der Waals surface area contributed by atoms with Gasteiger partial charge in [0.05, 0.1) is 5.69 Å². The topological polar surface area (TPSA) is 51.6 Å². The monoisotopic (exact) mass is 464 g/mol. The lowest BCUT2D eigenvalue weighted by Gasteiger charge is -2.10. The van der Waals surface area contributed by atoms with Crippen LogP contribution in [0.1, 0.15) is 0 Å². The third-order valence-electron chi connectivity index (χ3n) is 5.05. The zero-order valence-corrected chi connectivity index (χ0v) is 18.1. The summed E-state index contributed by atoms with van der Waals surface area (Å²) in [5.41, 5.74) is 7.15. The molecule has 5 heteroatoms. The lowest BCUT2D eigenvalue weighted by atomic mass is 10.0. The summed E-state index contributed by atoms with van der Waals surface area (Å²) in [7, 11) is 0. The molecule has 31 heavy (non-hydrogen) atoms. The number of rotatable bonds is 4. The van der Waals surface area contributed by atoms with Crippen LogP contribution in [-0.2, 0) is 0 Å². The zero-order chi connectivity index (χ0) is 21.0. The van der Waals surface area contributed by atoms with E-state index in [1.807, 2.05) is 42.7 Å². The predicted molar refractivity (Wildman–Crippen MR) is 127 cm³/mol. The molecule has 0 aliphatic carbocycles. The Morgan fingerprint density at radius 1 is 0.548 bits per heavy atom. The minimum absolute atomic E-state index is 0.653. The van der Waals surface area contributed by atoms with E-state index in [-0.39, 0.29) is 0 Å². The number of pyridine rings is 2. The van der Waals surface area contributed by atoms with Gasteiger partial charge in [-0.15, -0.1) is 0 Å². The number of aromatic nitrogens is 4. The first-order valence-corrected chi connectivity index (χ1v) is 10.6. The molecule has 0 spiro atoms. The maximum atomic E-state index is 4.85. The summed E-state index contributed by atoms with van der Waals surface area (Å²) in [5.74, 6) is 0.653. The molecule has 0 aliphatic heterocycles. The molecule has 0 radical (unpaired) electrons. The van der Waals surface area contributed by atoms with Crippen LogP contribution < -0.4 is 0 Å². The first-order chi connectivity index (χ1) is 15.3. The SMILES string of the molecule is Brc1ccc(-c2ccncc2-c2nccc(-c3ccc(-c4cccnc4)cc3)n2)cc1. The Hall–Kier alpha value is -3.70. The third kappa shape index (κ3) is 4.13. The van der Waals surface area contributed by atoms with Gasteiger partial charge in [-0.05, 0) is 52.6 Å². The molecule has 2 aromatic carbocycles. The highest BCUT2D eigenvalue weighted by atomic mass is 79.9. The molecule has 5 rings (SSSR count). The van der Waals surface area contributed by atoms with Crippen LogP contribution in [0.4, 0.5) is 0 Å². The number of nitrogens with zero attached hydrogens (tertiary/aromatic N) is 4. The van der Waals surface area contributed by atoms with Crippen LogP contribution in [0.3, 0.4) is 0 Å². The number of benzene rings is 2. The minimum Gasteiger partial charge on any atom is -0.264 e. The lowest BCUT2D eigenvalue weighted by Crippen LogP contribution is -1.94. The second-order valence-corrected chi connectivity index (χ2v) is 7.93. The van der Waals surface area contributed by atoms with Gasteiger partial charge in [0.1, 0.15) is 0 Å². The van der Waals surface area contributed by atoms with E-state index in [0.29, 0.717) is 5.82 Å². The summed E-state index contributed by atoms with van der Waals surface area (Å²) in [6.45, 7) is 0. The van der Waals surface area contributed by atoms with Gasteiger partial charge in [0, 0.05) is 46.6 Å². The Labute approximate surface area is 188 Å². The summed E-state index contributed by atoms with van der Waals surface area (Å²) < 4.78 is 1.04. The van der Waals surface area contributed by atoms with E-state index in [1.54, 1.807) is 18.6 Å². The van der Waals surface area contributed by atoms with Crippen molar-refractivity contribution >= 4 is 15.9 Å². The van der Waals surface area contributed by atoms with Crippen LogP contribution in [0, 0.1) is 0 Å². The Morgan fingerprint density at radius 3 is 2.06 bits per heavy atom. The maximum Gasteiger partial charge on any atom is 0.161 e. The Bertz CT molecular complexity index is 1320. The van der Waals surface area contributed by atoms with Gasteiger partial charge in [-0.3, -0.25) is 9.97 Å². The van der Waals surface area contributed by atoms with Crippen molar-refractivity contribution in [2.24, 2.45) is 0 Å². The van der Waals surface area contributed by atoms with Gasteiger partial charge in [0.2, 0.25) is 0 Å². The van der Waals surface area contributed by atoms with Gasteiger partial charge in [-0.25, -0.2) is 9.97 Å². The first kappa shape index (κ1) is 19.3. The molecule has 4 nitrogen and oxygen atoms in total. The van der Waals surface area contributed by atoms with Gasteiger partial charge in [0.25, 0.3) is 0 Å². The van der Waals surface area contributed by atoms with Crippen molar-refractivity contribution < 1.29 is 0 Å². The van der Waals surface area contributed by atoms with Gasteiger partial charge >= 0.3 is 0 Å². The molecule has 3 aromatic heterocycles. The molecule has 0 saturated carbocycles. The van der Waals surface area contributed by atoms with Gasteiger partial charge in [0.15, 0.2) is 5.82 Å². The average Bonchev–Trinajstić information content (AvgIpc) is 2.85. The first-order valence-electron chi connectivity index (χ1n) is 9.82. The molecule has 3 heterocycles. The molecule has 0 saturated heterocycles. The van der Waals surface area contributed by atoms with Crippen molar-refractivity contribution in [1.29, 1.82) is 0 Å². The van der Waals surface area contributed by atoms with Gasteiger partial charge < -0.3 is 0 Å². The van der Waals surface area contributed by atoms with Crippen LogP contribution in [0.15, 0.2) is 108 Å². The maximum absolute atomic E-state index is 4.85. The van der Waals surface area contributed by atoms with E-state index in [0.717, 1.165) is 43.5 Å². The normalized spacial score (nSPS) is 10.7. The van der Waals surface area contributed by atoms with Crippen molar-refractivity contribution in [1.82, 2.24) is 19.9 Å². The minimum atomic E-state index is 0.653. The predicted octanol–water partition coefficient (Wildman–Crippen LogP) is 6.70. The fourth-order valence-electron chi connectivity index (χ4n) is 3.47. The second-order valence-electron chi connectivity index (χ2n) is 7.01. The van der Waals surface area contributed by atoms with Crippen LogP contribution in [0.2, 0.25) is 0 Å².